The van der Waals surface area contributed by atoms with E-state index < -0.39 is 0 Å². The van der Waals surface area contributed by atoms with Crippen molar-refractivity contribution in [3.63, 3.8) is 0 Å². The molecular formula is C12H16ClN3. The zero-order chi connectivity index (χ0) is 10.8. The summed E-state index contributed by atoms with van der Waals surface area (Å²) in [5.41, 5.74) is 6.95. The Labute approximate surface area is 101 Å². The molecule has 0 atom stereocenters. The van der Waals surface area contributed by atoms with Gasteiger partial charge in [-0.1, -0.05) is 25.1 Å². The topological polar surface area (TPSA) is 50.9 Å². The summed E-state index contributed by atoms with van der Waals surface area (Å²) in [6.45, 7) is 4.11. The van der Waals surface area contributed by atoms with E-state index in [0.717, 1.165) is 28.7 Å². The van der Waals surface area contributed by atoms with Gasteiger partial charge < -0.3 is 5.43 Å². The molecule has 0 bridgehead atoms. The van der Waals surface area contributed by atoms with E-state index in [-0.39, 0.29) is 12.4 Å². The molecule has 0 aliphatic carbocycles. The lowest BCUT2D eigenvalue weighted by molar-refractivity contribution is 1.13. The highest BCUT2D eigenvalue weighted by atomic mass is 35.5. The summed E-state index contributed by atoms with van der Waals surface area (Å²) in [6.07, 6.45) is 0.984. The van der Waals surface area contributed by atoms with Crippen LogP contribution in [0.2, 0.25) is 0 Å². The number of fused-ring (bicyclic) bond motifs is 1. The molecule has 1 aromatic heterocycles. The second kappa shape index (κ2) is 5.14. The number of aryl methyl sites for hydroxylation is 2. The Morgan fingerprint density at radius 3 is 2.75 bits per heavy atom. The molecule has 3 nitrogen and oxygen atoms in total. The Morgan fingerprint density at radius 2 is 2.12 bits per heavy atom. The number of nitrogens with one attached hydrogen (secondary N) is 1. The van der Waals surface area contributed by atoms with E-state index in [1.165, 1.54) is 5.56 Å². The fourth-order valence-electron chi connectivity index (χ4n) is 1.84. The van der Waals surface area contributed by atoms with Crippen molar-refractivity contribution < 1.29 is 0 Å². The van der Waals surface area contributed by atoms with Gasteiger partial charge in [0.1, 0.15) is 0 Å². The summed E-state index contributed by atoms with van der Waals surface area (Å²) in [7, 11) is 0. The fourth-order valence-corrected chi connectivity index (χ4v) is 1.84. The van der Waals surface area contributed by atoms with Crippen molar-refractivity contribution in [3.8, 4) is 0 Å². The molecule has 1 aromatic carbocycles. The van der Waals surface area contributed by atoms with Crippen LogP contribution in [0.5, 0.6) is 0 Å². The highest BCUT2D eigenvalue weighted by Gasteiger charge is 2.05. The Kier molecular flexibility index (Phi) is 4.10. The number of nitrogens with two attached hydrogens (primary N) is 1. The van der Waals surface area contributed by atoms with E-state index >= 15 is 0 Å². The first-order valence-corrected chi connectivity index (χ1v) is 5.12. The third-order valence-electron chi connectivity index (χ3n) is 2.59. The third kappa shape index (κ3) is 2.10. The van der Waals surface area contributed by atoms with Gasteiger partial charge in [0.25, 0.3) is 0 Å². The smallest absolute Gasteiger partial charge is 0.0758 e. The van der Waals surface area contributed by atoms with E-state index in [4.69, 9.17) is 5.84 Å². The molecule has 0 fully saturated rings. The van der Waals surface area contributed by atoms with Crippen LogP contribution in [0.1, 0.15) is 18.2 Å². The van der Waals surface area contributed by atoms with E-state index in [9.17, 15) is 0 Å². The van der Waals surface area contributed by atoms with E-state index in [0.29, 0.717) is 0 Å². The van der Waals surface area contributed by atoms with Crippen LogP contribution >= 0.6 is 12.4 Å². The van der Waals surface area contributed by atoms with Crippen LogP contribution < -0.4 is 11.3 Å². The third-order valence-corrected chi connectivity index (χ3v) is 2.59. The lowest BCUT2D eigenvalue weighted by atomic mass is 10.1. The first-order chi connectivity index (χ1) is 7.26. The maximum Gasteiger partial charge on any atom is 0.0758 e. The Hall–Kier alpha value is -1.32. The molecule has 0 unspecified atom stereocenters. The molecule has 16 heavy (non-hydrogen) atoms. The molecule has 0 amide bonds. The standard InChI is InChI=1S/C12H15N3.ClH/c1-3-9-5-4-6-10-11(15-13)7-8(2)14-12(9)10;/h4-7H,3,13H2,1-2H3,(H,14,15);1H. The highest BCUT2D eigenvalue weighted by Crippen LogP contribution is 2.25. The number of pyridine rings is 1. The molecule has 86 valence electrons. The monoisotopic (exact) mass is 237 g/mol. The number of hydrogen-bond donors (Lipinski definition) is 2. The van der Waals surface area contributed by atoms with Crippen molar-refractivity contribution in [2.75, 3.05) is 5.43 Å². The quantitative estimate of drug-likeness (QED) is 0.624. The normalized spacial score (nSPS) is 9.94. The van der Waals surface area contributed by atoms with Crippen LogP contribution in [0.15, 0.2) is 24.3 Å². The van der Waals surface area contributed by atoms with Crippen LogP contribution in [0.25, 0.3) is 10.9 Å². The predicted octanol–water partition coefficient (Wildman–Crippen LogP) is 2.81. The summed E-state index contributed by atoms with van der Waals surface area (Å²) < 4.78 is 0. The van der Waals surface area contributed by atoms with Gasteiger partial charge in [-0.3, -0.25) is 10.8 Å². The average Bonchev–Trinajstić information content (AvgIpc) is 2.27. The van der Waals surface area contributed by atoms with Gasteiger partial charge in [-0.15, -0.1) is 12.4 Å². The molecule has 2 aromatic rings. The molecule has 0 radical (unpaired) electrons. The zero-order valence-electron chi connectivity index (χ0n) is 9.45. The minimum absolute atomic E-state index is 0. The van der Waals surface area contributed by atoms with E-state index in [1.54, 1.807) is 0 Å². The van der Waals surface area contributed by atoms with Crippen molar-refractivity contribution in [2.24, 2.45) is 5.84 Å². The van der Waals surface area contributed by atoms with Gasteiger partial charge in [-0.2, -0.15) is 0 Å². The Balaban J connectivity index is 0.00000128. The first-order valence-electron chi connectivity index (χ1n) is 5.12. The second-order valence-electron chi connectivity index (χ2n) is 3.62. The van der Waals surface area contributed by atoms with Crippen LogP contribution in [0, 0.1) is 6.92 Å². The lowest BCUT2D eigenvalue weighted by Gasteiger charge is -2.09. The van der Waals surface area contributed by atoms with Crippen LogP contribution in [-0.4, -0.2) is 4.98 Å². The van der Waals surface area contributed by atoms with Gasteiger partial charge in [-0.05, 0) is 25.0 Å². The summed E-state index contributed by atoms with van der Waals surface area (Å²) in [6, 6.07) is 8.14. The van der Waals surface area contributed by atoms with Crippen molar-refractivity contribution in [1.29, 1.82) is 0 Å². The van der Waals surface area contributed by atoms with Gasteiger partial charge in [0.2, 0.25) is 0 Å². The van der Waals surface area contributed by atoms with Crippen LogP contribution in [-0.2, 0) is 6.42 Å². The summed E-state index contributed by atoms with van der Waals surface area (Å²) >= 11 is 0. The van der Waals surface area contributed by atoms with Crippen molar-refractivity contribution in [3.05, 3.63) is 35.5 Å². The molecule has 0 aliphatic rings. The summed E-state index contributed by atoms with van der Waals surface area (Å²) in [5, 5.41) is 1.09. The van der Waals surface area contributed by atoms with Gasteiger partial charge in [0.15, 0.2) is 0 Å². The molecular weight excluding hydrogens is 222 g/mol. The summed E-state index contributed by atoms with van der Waals surface area (Å²) in [4.78, 5) is 4.56. The molecule has 0 saturated heterocycles. The Morgan fingerprint density at radius 1 is 1.38 bits per heavy atom. The van der Waals surface area contributed by atoms with Crippen molar-refractivity contribution in [2.45, 2.75) is 20.3 Å². The first kappa shape index (κ1) is 12.7. The van der Waals surface area contributed by atoms with Crippen molar-refractivity contribution >= 4 is 29.0 Å². The van der Waals surface area contributed by atoms with E-state index in [2.05, 4.69) is 23.4 Å². The number of halogens is 1. The maximum absolute atomic E-state index is 5.50. The average molecular weight is 238 g/mol. The summed E-state index contributed by atoms with van der Waals surface area (Å²) in [5.74, 6) is 5.50. The number of hydrazine groups is 1. The molecule has 0 saturated carbocycles. The largest absolute Gasteiger partial charge is 0.323 e. The lowest BCUT2D eigenvalue weighted by Crippen LogP contribution is -2.08. The molecule has 0 aliphatic heterocycles. The molecule has 2 rings (SSSR count). The number of aromatic nitrogens is 1. The number of benzene rings is 1. The number of nitrogen functional groups attached to an aromatic ring is 1. The molecule has 0 spiro atoms. The molecule has 1 heterocycles. The van der Waals surface area contributed by atoms with E-state index in [1.807, 2.05) is 25.1 Å². The molecule has 3 N–H and O–H groups in total. The van der Waals surface area contributed by atoms with Gasteiger partial charge in [0, 0.05) is 11.1 Å². The second-order valence-corrected chi connectivity index (χ2v) is 3.62. The minimum Gasteiger partial charge on any atom is -0.323 e. The maximum atomic E-state index is 5.50. The van der Waals surface area contributed by atoms with Crippen molar-refractivity contribution in [1.82, 2.24) is 4.98 Å². The van der Waals surface area contributed by atoms with Crippen LogP contribution in [0.4, 0.5) is 5.69 Å². The highest BCUT2D eigenvalue weighted by molar-refractivity contribution is 5.93. The number of nitrogens with zero attached hydrogens (tertiary/aromatic N) is 1. The number of rotatable bonds is 2. The Bertz CT molecular complexity index is 497. The van der Waals surface area contributed by atoms with Crippen LogP contribution in [0.3, 0.4) is 0 Å². The SMILES string of the molecule is CCc1cccc2c(NN)cc(C)nc12.Cl. The fraction of sp³-hybridized carbons (Fsp3) is 0.250. The number of anilines is 1. The predicted molar refractivity (Wildman–Crippen MR) is 70.9 cm³/mol. The molecule has 4 heteroatoms. The zero-order valence-corrected chi connectivity index (χ0v) is 10.3. The van der Waals surface area contributed by atoms with Gasteiger partial charge in [-0.25, -0.2) is 0 Å². The van der Waals surface area contributed by atoms with Gasteiger partial charge >= 0.3 is 0 Å². The number of hydrogen-bond acceptors (Lipinski definition) is 3. The number of para-hydroxylation sites is 1. The minimum atomic E-state index is 0. The van der Waals surface area contributed by atoms with Gasteiger partial charge in [0.05, 0.1) is 11.2 Å².